The molecule has 1 rings (SSSR count). The van der Waals surface area contributed by atoms with Crippen LogP contribution in [0.5, 0.6) is 5.75 Å². The molecule has 0 heterocycles. The van der Waals surface area contributed by atoms with Crippen molar-refractivity contribution in [2.75, 3.05) is 11.8 Å². The molecular formula is C11H15Cl2NO. The van der Waals surface area contributed by atoms with Crippen LogP contribution in [-0.4, -0.2) is 22.4 Å². The normalized spacial score (nSPS) is 11.7. The van der Waals surface area contributed by atoms with Gasteiger partial charge in [0, 0.05) is 23.8 Å². The largest absolute Gasteiger partial charge is 0.508 e. The molecule has 84 valence electrons. The third-order valence-corrected chi connectivity index (χ3v) is 3.40. The monoisotopic (exact) mass is 247 g/mol. The number of phenolic OH excluding ortho intramolecular Hbond substituents is 1. The SMILES string of the molecule is CC(CCl)(CCl)NCc1cccc(O)c1. The van der Waals surface area contributed by atoms with Gasteiger partial charge in [0.1, 0.15) is 5.75 Å². The predicted octanol–water partition coefficient (Wildman–Crippen LogP) is 2.72. The van der Waals surface area contributed by atoms with Crippen molar-refractivity contribution in [1.29, 1.82) is 0 Å². The van der Waals surface area contributed by atoms with E-state index in [0.29, 0.717) is 18.3 Å². The Bertz CT molecular complexity index is 313. The summed E-state index contributed by atoms with van der Waals surface area (Å²) >= 11 is 11.6. The standard InChI is InChI=1S/C11H15Cl2NO/c1-11(7-12,8-13)14-6-9-3-2-4-10(15)5-9/h2-5,14-15H,6-8H2,1H3. The average molecular weight is 248 g/mol. The molecule has 0 spiro atoms. The number of aromatic hydroxyl groups is 1. The summed E-state index contributed by atoms with van der Waals surface area (Å²) in [6.07, 6.45) is 0. The predicted molar refractivity (Wildman–Crippen MR) is 64.8 cm³/mol. The highest BCUT2D eigenvalue weighted by Gasteiger charge is 2.20. The third-order valence-electron chi connectivity index (χ3n) is 2.22. The van der Waals surface area contributed by atoms with Gasteiger partial charge in [0.25, 0.3) is 0 Å². The van der Waals surface area contributed by atoms with Crippen molar-refractivity contribution in [3.63, 3.8) is 0 Å². The first-order valence-corrected chi connectivity index (χ1v) is 5.81. The molecule has 0 saturated carbocycles. The second-order valence-corrected chi connectivity index (χ2v) is 4.39. The summed E-state index contributed by atoms with van der Waals surface area (Å²) in [4.78, 5) is 0. The fourth-order valence-electron chi connectivity index (χ4n) is 1.11. The molecule has 0 amide bonds. The van der Waals surface area contributed by atoms with Crippen molar-refractivity contribution in [1.82, 2.24) is 5.32 Å². The van der Waals surface area contributed by atoms with Gasteiger partial charge in [0.15, 0.2) is 0 Å². The molecule has 0 aliphatic heterocycles. The molecule has 0 aliphatic carbocycles. The minimum atomic E-state index is -0.269. The van der Waals surface area contributed by atoms with Gasteiger partial charge in [-0.3, -0.25) is 0 Å². The van der Waals surface area contributed by atoms with E-state index in [2.05, 4.69) is 5.32 Å². The maximum Gasteiger partial charge on any atom is 0.115 e. The maximum absolute atomic E-state index is 9.28. The Kier molecular flexibility index (Phi) is 4.71. The highest BCUT2D eigenvalue weighted by molar-refractivity contribution is 6.22. The molecule has 0 aromatic heterocycles. The topological polar surface area (TPSA) is 32.3 Å². The number of benzene rings is 1. The lowest BCUT2D eigenvalue weighted by molar-refractivity contribution is 0.432. The molecule has 0 fully saturated rings. The zero-order valence-electron chi connectivity index (χ0n) is 8.63. The zero-order valence-corrected chi connectivity index (χ0v) is 10.1. The number of phenols is 1. The molecular weight excluding hydrogens is 233 g/mol. The molecule has 2 N–H and O–H groups in total. The quantitative estimate of drug-likeness (QED) is 0.785. The highest BCUT2D eigenvalue weighted by atomic mass is 35.5. The second kappa shape index (κ2) is 5.59. The van der Waals surface area contributed by atoms with Gasteiger partial charge in [0.2, 0.25) is 0 Å². The lowest BCUT2D eigenvalue weighted by Crippen LogP contribution is -2.45. The van der Waals surface area contributed by atoms with Gasteiger partial charge in [-0.15, -0.1) is 23.2 Å². The molecule has 0 aliphatic rings. The lowest BCUT2D eigenvalue weighted by atomic mass is 10.1. The van der Waals surface area contributed by atoms with E-state index in [1.54, 1.807) is 12.1 Å². The van der Waals surface area contributed by atoms with Crippen LogP contribution in [0.1, 0.15) is 12.5 Å². The molecule has 15 heavy (non-hydrogen) atoms. The fourth-order valence-corrected chi connectivity index (χ4v) is 1.59. The average Bonchev–Trinajstić information content (AvgIpc) is 2.26. The second-order valence-electron chi connectivity index (χ2n) is 3.85. The van der Waals surface area contributed by atoms with E-state index in [9.17, 15) is 5.11 Å². The Morgan fingerprint density at radius 3 is 2.53 bits per heavy atom. The smallest absolute Gasteiger partial charge is 0.115 e. The van der Waals surface area contributed by atoms with Crippen LogP contribution in [0, 0.1) is 0 Å². The maximum atomic E-state index is 9.28. The van der Waals surface area contributed by atoms with Crippen molar-refractivity contribution in [2.45, 2.75) is 19.0 Å². The van der Waals surface area contributed by atoms with Crippen molar-refractivity contribution >= 4 is 23.2 Å². The van der Waals surface area contributed by atoms with E-state index in [4.69, 9.17) is 23.2 Å². The van der Waals surface area contributed by atoms with Crippen LogP contribution in [0.25, 0.3) is 0 Å². The summed E-state index contributed by atoms with van der Waals surface area (Å²) in [6.45, 7) is 2.61. The summed E-state index contributed by atoms with van der Waals surface area (Å²) in [7, 11) is 0. The number of halogens is 2. The van der Waals surface area contributed by atoms with Gasteiger partial charge in [-0.1, -0.05) is 12.1 Å². The van der Waals surface area contributed by atoms with Crippen molar-refractivity contribution in [2.24, 2.45) is 0 Å². The first-order valence-electron chi connectivity index (χ1n) is 4.74. The molecule has 0 saturated heterocycles. The van der Waals surface area contributed by atoms with Gasteiger partial charge in [-0.25, -0.2) is 0 Å². The van der Waals surface area contributed by atoms with Crippen LogP contribution in [0.3, 0.4) is 0 Å². The Morgan fingerprint density at radius 2 is 2.00 bits per heavy atom. The molecule has 4 heteroatoms. The van der Waals surface area contributed by atoms with Gasteiger partial charge < -0.3 is 10.4 Å². The summed E-state index contributed by atoms with van der Waals surface area (Å²) < 4.78 is 0. The summed E-state index contributed by atoms with van der Waals surface area (Å²) in [5.41, 5.74) is 0.741. The summed E-state index contributed by atoms with van der Waals surface area (Å²) in [5.74, 6) is 1.18. The van der Waals surface area contributed by atoms with Crippen molar-refractivity contribution < 1.29 is 5.11 Å². The number of hydrogen-bond acceptors (Lipinski definition) is 2. The van der Waals surface area contributed by atoms with E-state index in [1.807, 2.05) is 19.1 Å². The Labute approximate surface area is 100 Å². The van der Waals surface area contributed by atoms with Crippen LogP contribution in [-0.2, 0) is 6.54 Å². The van der Waals surface area contributed by atoms with E-state index >= 15 is 0 Å². The lowest BCUT2D eigenvalue weighted by Gasteiger charge is -2.26. The van der Waals surface area contributed by atoms with E-state index < -0.39 is 0 Å². The number of rotatable bonds is 5. The van der Waals surface area contributed by atoms with E-state index in [1.165, 1.54) is 0 Å². The molecule has 0 unspecified atom stereocenters. The number of nitrogens with one attached hydrogen (secondary N) is 1. The van der Waals surface area contributed by atoms with Gasteiger partial charge in [-0.05, 0) is 24.6 Å². The molecule has 0 bridgehead atoms. The van der Waals surface area contributed by atoms with Crippen LogP contribution in [0.4, 0.5) is 0 Å². The Hall–Kier alpha value is -0.440. The number of hydrogen-bond donors (Lipinski definition) is 2. The third kappa shape index (κ3) is 3.90. The first kappa shape index (κ1) is 12.6. The van der Waals surface area contributed by atoms with Crippen LogP contribution < -0.4 is 5.32 Å². The first-order chi connectivity index (χ1) is 7.09. The van der Waals surface area contributed by atoms with E-state index in [0.717, 1.165) is 5.56 Å². The minimum Gasteiger partial charge on any atom is -0.508 e. The molecule has 0 atom stereocenters. The van der Waals surface area contributed by atoms with E-state index in [-0.39, 0.29) is 11.3 Å². The molecule has 0 radical (unpaired) electrons. The van der Waals surface area contributed by atoms with Crippen molar-refractivity contribution in [3.8, 4) is 5.75 Å². The Morgan fingerprint density at radius 1 is 1.33 bits per heavy atom. The fraction of sp³-hybridized carbons (Fsp3) is 0.455. The number of alkyl halides is 2. The van der Waals surface area contributed by atoms with Crippen LogP contribution in [0.2, 0.25) is 0 Å². The minimum absolute atomic E-state index is 0.269. The zero-order chi connectivity index (χ0) is 11.3. The molecule has 2 nitrogen and oxygen atoms in total. The highest BCUT2D eigenvalue weighted by Crippen LogP contribution is 2.13. The summed E-state index contributed by atoms with van der Waals surface area (Å²) in [6, 6.07) is 7.11. The van der Waals surface area contributed by atoms with Gasteiger partial charge in [0.05, 0.1) is 0 Å². The van der Waals surface area contributed by atoms with Crippen LogP contribution in [0.15, 0.2) is 24.3 Å². The van der Waals surface area contributed by atoms with Crippen molar-refractivity contribution in [3.05, 3.63) is 29.8 Å². The summed E-state index contributed by atoms with van der Waals surface area (Å²) in [5, 5.41) is 12.5. The molecule has 1 aromatic carbocycles. The van der Waals surface area contributed by atoms with Gasteiger partial charge in [-0.2, -0.15) is 0 Å². The Balaban J connectivity index is 2.56. The van der Waals surface area contributed by atoms with Crippen LogP contribution >= 0.6 is 23.2 Å². The molecule has 1 aromatic rings. The van der Waals surface area contributed by atoms with Gasteiger partial charge >= 0.3 is 0 Å².